The third kappa shape index (κ3) is 2.97. The summed E-state index contributed by atoms with van der Waals surface area (Å²) in [5.41, 5.74) is 1.19. The van der Waals surface area contributed by atoms with Gasteiger partial charge in [-0.25, -0.2) is 4.98 Å². The second-order valence-electron chi connectivity index (χ2n) is 5.02. The predicted molar refractivity (Wildman–Crippen MR) is 80.3 cm³/mol. The van der Waals surface area contributed by atoms with E-state index in [2.05, 4.69) is 15.6 Å². The quantitative estimate of drug-likeness (QED) is 0.832. The minimum absolute atomic E-state index is 0.0258. The molecule has 108 valence electrons. The summed E-state index contributed by atoms with van der Waals surface area (Å²) in [5.74, 6) is -0.172. The van der Waals surface area contributed by atoms with Crippen molar-refractivity contribution >= 4 is 34.3 Å². The molecule has 0 bridgehead atoms. The van der Waals surface area contributed by atoms with E-state index in [1.807, 2.05) is 24.3 Å². The maximum Gasteiger partial charge on any atom is 0.252 e. The molecule has 1 unspecified atom stereocenters. The number of fused-ring (bicyclic) bond motifs is 1. The van der Waals surface area contributed by atoms with Gasteiger partial charge in [-0.15, -0.1) is 0 Å². The van der Waals surface area contributed by atoms with E-state index in [9.17, 15) is 9.59 Å². The molecule has 1 saturated heterocycles. The zero-order valence-corrected chi connectivity index (χ0v) is 12.0. The molecule has 2 aromatic rings. The van der Waals surface area contributed by atoms with Crippen molar-refractivity contribution in [3.8, 4) is 0 Å². The number of carbonyl (C=O) groups is 2. The molecule has 1 aromatic heterocycles. The number of piperidine rings is 1. The fourth-order valence-electron chi connectivity index (χ4n) is 2.45. The molecule has 1 atom stereocenters. The minimum atomic E-state index is -0.198. The molecule has 2 N–H and O–H groups in total. The second kappa shape index (κ2) is 5.69. The molecule has 1 aliphatic rings. The highest BCUT2D eigenvalue weighted by molar-refractivity contribution is 6.30. The van der Waals surface area contributed by atoms with Gasteiger partial charge in [-0.1, -0.05) is 29.8 Å². The standard InChI is InChI=1S/C15H14ClN3O2/c16-13-7-11(10-3-1-2-4-12(10)19-13)15(21)18-9-5-6-14(20)17-8-9/h1-4,7,9H,5-6,8H2,(H,17,20)(H,18,21). The van der Waals surface area contributed by atoms with Gasteiger partial charge in [-0.2, -0.15) is 0 Å². The molecule has 1 aliphatic heterocycles. The number of benzene rings is 1. The Bertz CT molecular complexity index is 707. The lowest BCUT2D eigenvalue weighted by Gasteiger charge is -2.23. The predicted octanol–water partition coefficient (Wildman–Crippen LogP) is 1.90. The zero-order chi connectivity index (χ0) is 14.8. The van der Waals surface area contributed by atoms with Crippen LogP contribution in [-0.2, 0) is 4.79 Å². The highest BCUT2D eigenvalue weighted by Crippen LogP contribution is 2.21. The Morgan fingerprint density at radius 3 is 2.95 bits per heavy atom. The first-order valence-corrected chi connectivity index (χ1v) is 7.14. The van der Waals surface area contributed by atoms with E-state index in [-0.39, 0.29) is 23.0 Å². The van der Waals surface area contributed by atoms with E-state index in [1.165, 1.54) is 0 Å². The van der Waals surface area contributed by atoms with Crippen LogP contribution < -0.4 is 10.6 Å². The van der Waals surface area contributed by atoms with Crippen molar-refractivity contribution in [1.82, 2.24) is 15.6 Å². The molecule has 0 spiro atoms. The fourth-order valence-corrected chi connectivity index (χ4v) is 2.65. The SMILES string of the molecule is O=C1CCC(NC(=O)c2cc(Cl)nc3ccccc23)CN1. The van der Waals surface area contributed by atoms with Gasteiger partial charge in [0, 0.05) is 24.4 Å². The van der Waals surface area contributed by atoms with Crippen LogP contribution in [0.4, 0.5) is 0 Å². The molecule has 2 amide bonds. The van der Waals surface area contributed by atoms with Gasteiger partial charge in [-0.3, -0.25) is 9.59 Å². The number of rotatable bonds is 2. The van der Waals surface area contributed by atoms with E-state index < -0.39 is 0 Å². The summed E-state index contributed by atoms with van der Waals surface area (Å²) in [6.45, 7) is 0.460. The summed E-state index contributed by atoms with van der Waals surface area (Å²) in [7, 11) is 0. The van der Waals surface area contributed by atoms with Gasteiger partial charge in [0.05, 0.1) is 11.1 Å². The number of hydrogen-bond donors (Lipinski definition) is 2. The molecule has 3 rings (SSSR count). The molecular formula is C15H14ClN3O2. The van der Waals surface area contributed by atoms with E-state index in [1.54, 1.807) is 6.07 Å². The van der Waals surface area contributed by atoms with E-state index in [4.69, 9.17) is 11.6 Å². The van der Waals surface area contributed by atoms with Crippen LogP contribution in [0.3, 0.4) is 0 Å². The number of nitrogens with one attached hydrogen (secondary N) is 2. The first kappa shape index (κ1) is 13.8. The van der Waals surface area contributed by atoms with Gasteiger partial charge in [0.15, 0.2) is 0 Å². The molecule has 1 aromatic carbocycles. The first-order valence-electron chi connectivity index (χ1n) is 6.76. The summed E-state index contributed by atoms with van der Waals surface area (Å²) in [4.78, 5) is 27.8. The summed E-state index contributed by atoms with van der Waals surface area (Å²) in [6, 6.07) is 8.88. The number of amides is 2. The molecule has 5 nitrogen and oxygen atoms in total. The van der Waals surface area contributed by atoms with Crippen LogP contribution in [0, 0.1) is 0 Å². The molecule has 6 heteroatoms. The van der Waals surface area contributed by atoms with Crippen LogP contribution in [0.25, 0.3) is 10.9 Å². The number of nitrogens with zero attached hydrogens (tertiary/aromatic N) is 1. The first-order chi connectivity index (χ1) is 10.1. The van der Waals surface area contributed by atoms with Crippen LogP contribution in [0.2, 0.25) is 5.15 Å². The highest BCUT2D eigenvalue weighted by Gasteiger charge is 2.21. The van der Waals surface area contributed by atoms with Gasteiger partial charge in [0.2, 0.25) is 5.91 Å². The Morgan fingerprint density at radius 1 is 1.38 bits per heavy atom. The van der Waals surface area contributed by atoms with Crippen LogP contribution in [0.1, 0.15) is 23.2 Å². The van der Waals surface area contributed by atoms with Crippen molar-refractivity contribution in [3.63, 3.8) is 0 Å². The third-order valence-electron chi connectivity index (χ3n) is 3.53. The largest absolute Gasteiger partial charge is 0.354 e. The van der Waals surface area contributed by atoms with E-state index in [0.717, 1.165) is 5.39 Å². The van der Waals surface area contributed by atoms with Crippen LogP contribution in [0.15, 0.2) is 30.3 Å². The lowest BCUT2D eigenvalue weighted by molar-refractivity contribution is -0.122. The Balaban J connectivity index is 1.86. The molecule has 0 radical (unpaired) electrons. The average Bonchev–Trinajstić information content (AvgIpc) is 2.48. The highest BCUT2D eigenvalue weighted by atomic mass is 35.5. The Labute approximate surface area is 126 Å². The smallest absolute Gasteiger partial charge is 0.252 e. The van der Waals surface area contributed by atoms with Gasteiger partial charge in [-0.05, 0) is 18.6 Å². The van der Waals surface area contributed by atoms with Crippen molar-refractivity contribution in [2.75, 3.05) is 6.54 Å². The van der Waals surface area contributed by atoms with Crippen LogP contribution >= 0.6 is 11.6 Å². The van der Waals surface area contributed by atoms with Crippen LogP contribution in [-0.4, -0.2) is 29.4 Å². The number of aromatic nitrogens is 1. The average molecular weight is 304 g/mol. The van der Waals surface area contributed by atoms with Gasteiger partial charge in [0.25, 0.3) is 5.91 Å². The lowest BCUT2D eigenvalue weighted by atomic mass is 10.0. The topological polar surface area (TPSA) is 71.1 Å². The normalized spacial score (nSPS) is 18.3. The van der Waals surface area contributed by atoms with Crippen LogP contribution in [0.5, 0.6) is 0 Å². The second-order valence-corrected chi connectivity index (χ2v) is 5.41. The summed E-state index contributed by atoms with van der Waals surface area (Å²) < 4.78 is 0. The number of para-hydroxylation sites is 1. The van der Waals surface area contributed by atoms with Gasteiger partial charge >= 0.3 is 0 Å². The van der Waals surface area contributed by atoms with Crippen molar-refractivity contribution in [3.05, 3.63) is 41.0 Å². The molecular weight excluding hydrogens is 290 g/mol. The van der Waals surface area contributed by atoms with Crippen molar-refractivity contribution in [2.45, 2.75) is 18.9 Å². The Morgan fingerprint density at radius 2 is 2.19 bits per heavy atom. The van der Waals surface area contributed by atoms with Crippen molar-refractivity contribution < 1.29 is 9.59 Å². The summed E-state index contributed by atoms with van der Waals surface area (Å²) in [6.07, 6.45) is 1.08. The Hall–Kier alpha value is -2.14. The third-order valence-corrected chi connectivity index (χ3v) is 3.72. The molecule has 0 aliphatic carbocycles. The lowest BCUT2D eigenvalue weighted by Crippen LogP contribution is -2.47. The number of carbonyl (C=O) groups excluding carboxylic acids is 2. The molecule has 1 fully saturated rings. The molecule has 2 heterocycles. The van der Waals surface area contributed by atoms with Crippen molar-refractivity contribution in [2.24, 2.45) is 0 Å². The van der Waals surface area contributed by atoms with Gasteiger partial charge < -0.3 is 10.6 Å². The van der Waals surface area contributed by atoms with Gasteiger partial charge in [0.1, 0.15) is 5.15 Å². The fraction of sp³-hybridized carbons (Fsp3) is 0.267. The molecule has 21 heavy (non-hydrogen) atoms. The summed E-state index contributed by atoms with van der Waals surface area (Å²) in [5, 5.41) is 6.73. The minimum Gasteiger partial charge on any atom is -0.354 e. The maximum atomic E-state index is 12.5. The van der Waals surface area contributed by atoms with Crippen molar-refractivity contribution in [1.29, 1.82) is 0 Å². The number of pyridine rings is 1. The molecule has 0 saturated carbocycles. The van der Waals surface area contributed by atoms with E-state index >= 15 is 0 Å². The monoisotopic (exact) mass is 303 g/mol. The zero-order valence-electron chi connectivity index (χ0n) is 11.2. The maximum absolute atomic E-state index is 12.5. The number of halogens is 1. The summed E-state index contributed by atoms with van der Waals surface area (Å²) >= 11 is 5.98. The Kier molecular flexibility index (Phi) is 3.75. The van der Waals surface area contributed by atoms with E-state index in [0.29, 0.717) is 30.5 Å². The number of hydrogen-bond acceptors (Lipinski definition) is 3.